The van der Waals surface area contributed by atoms with Crippen LogP contribution < -0.4 is 11.3 Å². The lowest BCUT2D eigenvalue weighted by Gasteiger charge is -2.19. The maximum atomic E-state index is 5.74. The summed E-state index contributed by atoms with van der Waals surface area (Å²) in [6.45, 7) is 4.47. The first kappa shape index (κ1) is 16.2. The number of hydrogen-bond acceptors (Lipinski definition) is 2. The van der Waals surface area contributed by atoms with Gasteiger partial charge in [0.1, 0.15) is 0 Å². The molecule has 2 heteroatoms. The monoisotopic (exact) mass is 262 g/mol. The Morgan fingerprint density at radius 2 is 1.68 bits per heavy atom. The number of unbranched alkanes of at least 4 members (excludes halogenated alkanes) is 5. The molecule has 0 heterocycles. The van der Waals surface area contributed by atoms with Gasteiger partial charge in [-0.2, -0.15) is 0 Å². The van der Waals surface area contributed by atoms with Gasteiger partial charge in [-0.1, -0.05) is 76.6 Å². The van der Waals surface area contributed by atoms with Gasteiger partial charge in [0.15, 0.2) is 0 Å². The average molecular weight is 262 g/mol. The van der Waals surface area contributed by atoms with Gasteiger partial charge < -0.3 is 0 Å². The van der Waals surface area contributed by atoms with Crippen molar-refractivity contribution < 1.29 is 0 Å². The highest BCUT2D eigenvalue weighted by Crippen LogP contribution is 2.23. The van der Waals surface area contributed by atoms with Gasteiger partial charge in [-0.25, -0.2) is 0 Å². The summed E-state index contributed by atoms with van der Waals surface area (Å²) in [5.74, 6) is 5.74. The zero-order valence-corrected chi connectivity index (χ0v) is 12.6. The van der Waals surface area contributed by atoms with E-state index in [1.807, 2.05) is 0 Å². The van der Waals surface area contributed by atoms with Crippen LogP contribution in [0.4, 0.5) is 0 Å². The van der Waals surface area contributed by atoms with Gasteiger partial charge in [0.2, 0.25) is 0 Å². The lowest BCUT2D eigenvalue weighted by atomic mass is 9.95. The molecule has 0 aliphatic heterocycles. The molecule has 0 aliphatic rings. The minimum atomic E-state index is 0.308. The minimum Gasteiger partial charge on any atom is -0.271 e. The highest BCUT2D eigenvalue weighted by atomic mass is 15.2. The molecule has 19 heavy (non-hydrogen) atoms. The van der Waals surface area contributed by atoms with Crippen molar-refractivity contribution in [3.8, 4) is 0 Å². The van der Waals surface area contributed by atoms with Crippen LogP contribution in [-0.4, -0.2) is 0 Å². The predicted octanol–water partition coefficient (Wildman–Crippen LogP) is 4.50. The Morgan fingerprint density at radius 1 is 1.00 bits per heavy atom. The standard InChI is InChI=1S/C17H30N2/c1-3-5-6-7-8-9-14-17(19-18)16-13-11-10-12-15(16)4-2/h10-13,17,19H,3-9,14,18H2,1-2H3. The van der Waals surface area contributed by atoms with Crippen molar-refractivity contribution in [3.63, 3.8) is 0 Å². The Labute approximate surface area is 118 Å². The molecular formula is C17H30N2. The fourth-order valence-electron chi connectivity index (χ4n) is 2.65. The van der Waals surface area contributed by atoms with Crippen molar-refractivity contribution in [1.82, 2.24) is 5.43 Å². The van der Waals surface area contributed by atoms with E-state index >= 15 is 0 Å². The largest absolute Gasteiger partial charge is 0.271 e. The molecule has 0 bridgehead atoms. The lowest BCUT2D eigenvalue weighted by Crippen LogP contribution is -2.28. The van der Waals surface area contributed by atoms with Crippen LogP contribution in [-0.2, 0) is 6.42 Å². The molecule has 1 aromatic rings. The van der Waals surface area contributed by atoms with Crippen LogP contribution in [0.2, 0.25) is 0 Å². The second-order valence-electron chi connectivity index (χ2n) is 5.33. The van der Waals surface area contributed by atoms with E-state index in [-0.39, 0.29) is 0 Å². The fraction of sp³-hybridized carbons (Fsp3) is 0.647. The van der Waals surface area contributed by atoms with E-state index in [2.05, 4.69) is 43.5 Å². The van der Waals surface area contributed by atoms with Crippen LogP contribution in [0.3, 0.4) is 0 Å². The van der Waals surface area contributed by atoms with E-state index < -0.39 is 0 Å². The lowest BCUT2D eigenvalue weighted by molar-refractivity contribution is 0.474. The van der Waals surface area contributed by atoms with Crippen LogP contribution in [0.5, 0.6) is 0 Å². The summed E-state index contributed by atoms with van der Waals surface area (Å²) in [5.41, 5.74) is 5.78. The van der Waals surface area contributed by atoms with E-state index in [1.165, 1.54) is 49.7 Å². The molecule has 1 unspecified atom stereocenters. The van der Waals surface area contributed by atoms with Gasteiger partial charge in [-0.15, -0.1) is 0 Å². The summed E-state index contributed by atoms with van der Waals surface area (Å²) in [7, 11) is 0. The SMILES string of the molecule is CCCCCCCCC(NN)c1ccccc1CC. The molecular weight excluding hydrogens is 232 g/mol. The van der Waals surface area contributed by atoms with E-state index in [0.29, 0.717) is 6.04 Å². The Bertz CT molecular complexity index is 336. The van der Waals surface area contributed by atoms with Crippen LogP contribution >= 0.6 is 0 Å². The Morgan fingerprint density at radius 3 is 2.37 bits per heavy atom. The first-order valence-electron chi connectivity index (χ1n) is 7.87. The van der Waals surface area contributed by atoms with E-state index in [9.17, 15) is 0 Å². The van der Waals surface area contributed by atoms with Crippen LogP contribution in [0, 0.1) is 0 Å². The van der Waals surface area contributed by atoms with Gasteiger partial charge >= 0.3 is 0 Å². The minimum absolute atomic E-state index is 0.308. The van der Waals surface area contributed by atoms with Crippen molar-refractivity contribution in [2.24, 2.45) is 5.84 Å². The summed E-state index contributed by atoms with van der Waals surface area (Å²) in [4.78, 5) is 0. The van der Waals surface area contributed by atoms with Crippen molar-refractivity contribution in [1.29, 1.82) is 0 Å². The normalized spacial score (nSPS) is 12.6. The average Bonchev–Trinajstić information content (AvgIpc) is 2.47. The van der Waals surface area contributed by atoms with Crippen molar-refractivity contribution >= 4 is 0 Å². The maximum absolute atomic E-state index is 5.74. The van der Waals surface area contributed by atoms with Gasteiger partial charge in [-0.05, 0) is 24.0 Å². The number of nitrogens with one attached hydrogen (secondary N) is 1. The molecule has 0 aliphatic carbocycles. The third kappa shape index (κ3) is 5.75. The van der Waals surface area contributed by atoms with E-state index in [1.54, 1.807) is 0 Å². The number of rotatable bonds is 10. The van der Waals surface area contributed by atoms with E-state index in [4.69, 9.17) is 5.84 Å². The molecule has 0 spiro atoms. The number of nitrogens with two attached hydrogens (primary N) is 1. The molecule has 3 N–H and O–H groups in total. The Hall–Kier alpha value is -0.860. The van der Waals surface area contributed by atoms with Gasteiger partial charge in [-0.3, -0.25) is 11.3 Å². The summed E-state index contributed by atoms with van der Waals surface area (Å²) in [6.07, 6.45) is 10.2. The summed E-state index contributed by atoms with van der Waals surface area (Å²) in [6, 6.07) is 8.95. The van der Waals surface area contributed by atoms with Crippen molar-refractivity contribution in [3.05, 3.63) is 35.4 Å². The molecule has 1 aromatic carbocycles. The first-order valence-corrected chi connectivity index (χ1v) is 7.87. The summed E-state index contributed by atoms with van der Waals surface area (Å²) in [5, 5.41) is 0. The van der Waals surface area contributed by atoms with Crippen LogP contribution in [0.25, 0.3) is 0 Å². The molecule has 0 radical (unpaired) electrons. The summed E-state index contributed by atoms with van der Waals surface area (Å²) < 4.78 is 0. The smallest absolute Gasteiger partial charge is 0.0462 e. The molecule has 0 aromatic heterocycles. The number of hydrogen-bond donors (Lipinski definition) is 2. The quantitative estimate of drug-likeness (QED) is 0.370. The van der Waals surface area contributed by atoms with Gasteiger partial charge in [0.25, 0.3) is 0 Å². The Kier molecular flexibility index (Phi) is 8.52. The Balaban J connectivity index is 2.40. The number of aryl methyl sites for hydroxylation is 1. The fourth-order valence-corrected chi connectivity index (χ4v) is 2.65. The van der Waals surface area contributed by atoms with Crippen LogP contribution in [0.15, 0.2) is 24.3 Å². The highest BCUT2D eigenvalue weighted by Gasteiger charge is 2.12. The highest BCUT2D eigenvalue weighted by molar-refractivity contribution is 5.29. The predicted molar refractivity (Wildman–Crippen MR) is 83.9 cm³/mol. The molecule has 0 amide bonds. The van der Waals surface area contributed by atoms with Gasteiger partial charge in [0, 0.05) is 6.04 Å². The zero-order chi connectivity index (χ0) is 13.9. The third-order valence-electron chi connectivity index (χ3n) is 3.86. The maximum Gasteiger partial charge on any atom is 0.0462 e. The van der Waals surface area contributed by atoms with Crippen molar-refractivity contribution in [2.75, 3.05) is 0 Å². The topological polar surface area (TPSA) is 38.0 Å². The molecule has 1 atom stereocenters. The molecule has 0 saturated carbocycles. The first-order chi connectivity index (χ1) is 9.33. The second kappa shape index (κ2) is 9.99. The molecule has 2 nitrogen and oxygen atoms in total. The van der Waals surface area contributed by atoms with E-state index in [0.717, 1.165) is 12.8 Å². The van der Waals surface area contributed by atoms with Gasteiger partial charge in [0.05, 0.1) is 0 Å². The van der Waals surface area contributed by atoms with Crippen molar-refractivity contribution in [2.45, 2.75) is 71.3 Å². The van der Waals surface area contributed by atoms with Crippen LogP contribution in [0.1, 0.15) is 76.0 Å². The molecule has 0 saturated heterocycles. The second-order valence-corrected chi connectivity index (χ2v) is 5.33. The molecule has 1 rings (SSSR count). The molecule has 108 valence electrons. The third-order valence-corrected chi connectivity index (χ3v) is 3.86. The molecule has 0 fully saturated rings. The summed E-state index contributed by atoms with van der Waals surface area (Å²) >= 11 is 0. The number of benzene rings is 1. The number of hydrazine groups is 1. The zero-order valence-electron chi connectivity index (χ0n) is 12.6.